The average Bonchev–Trinajstić information content (AvgIpc) is 2.73. The molecule has 0 fully saturated rings. The lowest BCUT2D eigenvalue weighted by Gasteiger charge is -2.25. The van der Waals surface area contributed by atoms with Crippen molar-refractivity contribution in [2.24, 2.45) is 0 Å². The zero-order chi connectivity index (χ0) is 20.2. The van der Waals surface area contributed by atoms with E-state index >= 15 is 0 Å². The first kappa shape index (κ1) is 22.1. The van der Waals surface area contributed by atoms with Crippen molar-refractivity contribution in [3.63, 3.8) is 0 Å². The van der Waals surface area contributed by atoms with Crippen LogP contribution in [0.3, 0.4) is 0 Å². The van der Waals surface area contributed by atoms with Gasteiger partial charge in [0.05, 0.1) is 19.6 Å². The Morgan fingerprint density at radius 1 is 1.04 bits per heavy atom. The first-order valence-electron chi connectivity index (χ1n) is 10.3. The molecule has 28 heavy (non-hydrogen) atoms. The summed E-state index contributed by atoms with van der Waals surface area (Å²) in [5.41, 5.74) is 1.29. The summed E-state index contributed by atoms with van der Waals surface area (Å²) < 4.78 is 5.77. The largest absolute Gasteiger partial charge is 0.381 e. The molecule has 4 heteroatoms. The van der Waals surface area contributed by atoms with Gasteiger partial charge in [-0.1, -0.05) is 62.4 Å². The summed E-state index contributed by atoms with van der Waals surface area (Å²) in [7, 11) is 0. The van der Waals surface area contributed by atoms with Crippen molar-refractivity contribution in [3.05, 3.63) is 60.7 Å². The van der Waals surface area contributed by atoms with Crippen molar-refractivity contribution in [2.45, 2.75) is 26.7 Å². The van der Waals surface area contributed by atoms with Gasteiger partial charge in [0.2, 0.25) is 5.91 Å². The van der Waals surface area contributed by atoms with Gasteiger partial charge >= 0.3 is 0 Å². The highest BCUT2D eigenvalue weighted by Crippen LogP contribution is 2.18. The zero-order valence-electron chi connectivity index (χ0n) is 17.4. The van der Waals surface area contributed by atoms with Crippen molar-refractivity contribution < 1.29 is 9.53 Å². The molecule has 0 aliphatic heterocycles. The number of nitrogens with zero attached hydrogens (tertiary/aromatic N) is 2. The molecule has 0 N–H and O–H groups in total. The average molecular weight is 383 g/mol. The lowest BCUT2D eigenvalue weighted by molar-refractivity contribution is -0.132. The van der Waals surface area contributed by atoms with Crippen LogP contribution in [-0.4, -0.2) is 61.6 Å². The summed E-state index contributed by atoms with van der Waals surface area (Å²) in [6, 6.07) is 14.8. The summed E-state index contributed by atoms with van der Waals surface area (Å²) in [6.07, 6.45) is 3.07. The molecule has 2 aromatic carbocycles. The molecule has 1 amide bonds. The first-order chi connectivity index (χ1) is 13.7. The Balaban J connectivity index is 1.74. The highest BCUT2D eigenvalue weighted by atomic mass is 16.5. The number of rotatable bonds is 13. The third-order valence-electron chi connectivity index (χ3n) is 5.14. The molecule has 2 aromatic rings. The van der Waals surface area contributed by atoms with Crippen LogP contribution < -0.4 is 0 Å². The summed E-state index contributed by atoms with van der Waals surface area (Å²) >= 11 is 0. The zero-order valence-corrected chi connectivity index (χ0v) is 17.4. The van der Waals surface area contributed by atoms with Gasteiger partial charge in [0.15, 0.2) is 0 Å². The van der Waals surface area contributed by atoms with E-state index in [1.54, 1.807) is 6.08 Å². The Bertz CT molecular complexity index is 735. The Hall–Kier alpha value is -2.17. The number of carbonyl (C=O) groups excluding carboxylic acids is 1. The SMILES string of the molecule is C=CCN(CCN(CC)CC)C(=O)CCOCCc1cccc2ccccc12. The molecule has 0 atom stereocenters. The van der Waals surface area contributed by atoms with Crippen molar-refractivity contribution >= 4 is 16.7 Å². The summed E-state index contributed by atoms with van der Waals surface area (Å²) in [5.74, 6) is 0.136. The number of benzene rings is 2. The molecule has 0 saturated carbocycles. The molecule has 0 unspecified atom stereocenters. The topological polar surface area (TPSA) is 32.8 Å². The fourth-order valence-electron chi connectivity index (χ4n) is 3.39. The Morgan fingerprint density at radius 2 is 1.79 bits per heavy atom. The summed E-state index contributed by atoms with van der Waals surface area (Å²) in [5, 5.41) is 2.53. The predicted molar refractivity (Wildman–Crippen MR) is 118 cm³/mol. The van der Waals surface area contributed by atoms with Crippen LogP contribution in [0.25, 0.3) is 10.8 Å². The predicted octanol–water partition coefficient (Wildman–Crippen LogP) is 4.15. The number of amides is 1. The van der Waals surface area contributed by atoms with Crippen molar-refractivity contribution in [2.75, 3.05) is 45.9 Å². The first-order valence-corrected chi connectivity index (χ1v) is 10.3. The number of likely N-dealkylation sites (N-methyl/N-ethyl adjacent to an activating group) is 1. The van der Waals surface area contributed by atoms with Gasteiger partial charge in [-0.2, -0.15) is 0 Å². The van der Waals surface area contributed by atoms with Gasteiger partial charge in [0.1, 0.15) is 0 Å². The van der Waals surface area contributed by atoms with Gasteiger partial charge in [-0.15, -0.1) is 6.58 Å². The van der Waals surface area contributed by atoms with Crippen LogP contribution in [0.15, 0.2) is 55.1 Å². The number of carbonyl (C=O) groups is 1. The summed E-state index contributed by atoms with van der Waals surface area (Å²) in [4.78, 5) is 16.7. The van der Waals surface area contributed by atoms with E-state index in [0.717, 1.165) is 32.6 Å². The van der Waals surface area contributed by atoms with Crippen LogP contribution in [0, 0.1) is 0 Å². The third-order valence-corrected chi connectivity index (χ3v) is 5.14. The molecule has 4 nitrogen and oxygen atoms in total. The molecule has 0 aliphatic rings. The highest BCUT2D eigenvalue weighted by Gasteiger charge is 2.13. The van der Waals surface area contributed by atoms with Crippen LogP contribution >= 0.6 is 0 Å². The molecular weight excluding hydrogens is 348 g/mol. The minimum Gasteiger partial charge on any atom is -0.381 e. The van der Waals surface area contributed by atoms with Crippen LogP contribution in [-0.2, 0) is 16.0 Å². The smallest absolute Gasteiger partial charge is 0.225 e. The molecule has 0 bridgehead atoms. The molecule has 0 heterocycles. The van der Waals surface area contributed by atoms with Crippen molar-refractivity contribution in [1.82, 2.24) is 9.80 Å². The Morgan fingerprint density at radius 3 is 2.54 bits per heavy atom. The van der Waals surface area contributed by atoms with E-state index in [1.165, 1.54) is 16.3 Å². The van der Waals surface area contributed by atoms with Crippen LogP contribution in [0.4, 0.5) is 0 Å². The normalized spacial score (nSPS) is 11.1. The molecule has 2 rings (SSSR count). The number of fused-ring (bicyclic) bond motifs is 1. The van der Waals surface area contributed by atoms with E-state index in [0.29, 0.717) is 26.2 Å². The third kappa shape index (κ3) is 6.77. The molecule has 0 saturated heterocycles. The van der Waals surface area contributed by atoms with E-state index in [4.69, 9.17) is 4.74 Å². The Kier molecular flexibility index (Phi) is 9.73. The minimum absolute atomic E-state index is 0.136. The quantitative estimate of drug-likeness (QED) is 0.385. The summed E-state index contributed by atoms with van der Waals surface area (Å²) in [6.45, 7) is 13.4. The van der Waals surface area contributed by atoms with Gasteiger partial charge < -0.3 is 14.5 Å². The number of hydrogen-bond donors (Lipinski definition) is 0. The van der Waals surface area contributed by atoms with E-state index < -0.39 is 0 Å². The minimum atomic E-state index is 0.136. The van der Waals surface area contributed by atoms with E-state index in [-0.39, 0.29) is 5.91 Å². The second-order valence-electron chi connectivity index (χ2n) is 6.91. The standard InChI is InChI=1S/C24H34N2O2/c1-4-16-26(18-17-25(5-2)6-3)24(27)15-20-28-19-14-22-12-9-11-21-10-7-8-13-23(21)22/h4,7-13H,1,5-6,14-20H2,2-3H3. The van der Waals surface area contributed by atoms with Gasteiger partial charge in [0, 0.05) is 19.6 Å². The Labute approximate surface area is 169 Å². The molecule has 0 aliphatic carbocycles. The molecule has 0 aromatic heterocycles. The van der Waals surface area contributed by atoms with Gasteiger partial charge in [-0.25, -0.2) is 0 Å². The lowest BCUT2D eigenvalue weighted by atomic mass is 10.0. The van der Waals surface area contributed by atoms with Crippen LogP contribution in [0.1, 0.15) is 25.8 Å². The second kappa shape index (κ2) is 12.3. The van der Waals surface area contributed by atoms with Crippen molar-refractivity contribution in [1.29, 1.82) is 0 Å². The monoisotopic (exact) mass is 382 g/mol. The maximum absolute atomic E-state index is 12.5. The van der Waals surface area contributed by atoms with Gasteiger partial charge in [0.25, 0.3) is 0 Å². The van der Waals surface area contributed by atoms with E-state index in [9.17, 15) is 4.79 Å². The number of ether oxygens (including phenoxy) is 1. The molecule has 152 valence electrons. The molecule has 0 spiro atoms. The van der Waals surface area contributed by atoms with Crippen molar-refractivity contribution in [3.8, 4) is 0 Å². The number of hydrogen-bond acceptors (Lipinski definition) is 3. The fraction of sp³-hybridized carbons (Fsp3) is 0.458. The maximum Gasteiger partial charge on any atom is 0.225 e. The lowest BCUT2D eigenvalue weighted by Crippen LogP contribution is -2.39. The second-order valence-corrected chi connectivity index (χ2v) is 6.91. The molecular formula is C24H34N2O2. The van der Waals surface area contributed by atoms with E-state index in [2.05, 4.69) is 67.8 Å². The maximum atomic E-state index is 12.5. The van der Waals surface area contributed by atoms with Gasteiger partial charge in [-0.05, 0) is 35.8 Å². The van der Waals surface area contributed by atoms with E-state index in [1.807, 2.05) is 4.90 Å². The fourth-order valence-corrected chi connectivity index (χ4v) is 3.39. The van der Waals surface area contributed by atoms with Crippen LogP contribution in [0.5, 0.6) is 0 Å². The molecule has 0 radical (unpaired) electrons. The highest BCUT2D eigenvalue weighted by molar-refractivity contribution is 5.85. The van der Waals surface area contributed by atoms with Gasteiger partial charge in [-0.3, -0.25) is 4.79 Å². The van der Waals surface area contributed by atoms with Crippen LogP contribution in [0.2, 0.25) is 0 Å².